The fourth-order valence-electron chi connectivity index (χ4n) is 5.16. The van der Waals surface area contributed by atoms with Gasteiger partial charge >= 0.3 is 5.97 Å². The molecule has 1 aromatic rings. The number of nitrogens with one attached hydrogen (secondary N) is 1. The Morgan fingerprint density at radius 3 is 2.81 bits per heavy atom. The Morgan fingerprint density at radius 1 is 1.28 bits per heavy atom. The Labute approximate surface area is 223 Å². The van der Waals surface area contributed by atoms with Crippen LogP contribution in [0.4, 0.5) is 5.69 Å². The van der Waals surface area contributed by atoms with Gasteiger partial charge in [-0.3, -0.25) is 0 Å². The van der Waals surface area contributed by atoms with Gasteiger partial charge in [0.05, 0.1) is 5.92 Å². The Morgan fingerprint density at radius 2 is 2.08 bits per heavy atom. The number of fused-ring (bicyclic) bond motifs is 6. The summed E-state index contributed by atoms with van der Waals surface area (Å²) >= 11 is -0.541. The maximum Gasteiger partial charge on any atom is 0.345 e. The van der Waals surface area contributed by atoms with Crippen LogP contribution in [0.25, 0.3) is 0 Å². The topological polar surface area (TPSA) is 50.8 Å². The predicted molar refractivity (Wildman–Crippen MR) is 155 cm³/mol. The van der Waals surface area contributed by atoms with Gasteiger partial charge in [0.15, 0.2) is 5.60 Å². The van der Waals surface area contributed by atoms with Crippen LogP contribution in [0.15, 0.2) is 93.9 Å². The summed E-state index contributed by atoms with van der Waals surface area (Å²) in [6, 6.07) is 4.16. The molecule has 0 amide bonds. The Balaban J connectivity index is 1.71. The molecular formula is C30H31IN2O3. The van der Waals surface area contributed by atoms with Crippen molar-refractivity contribution in [3.8, 4) is 5.75 Å². The zero-order valence-corrected chi connectivity index (χ0v) is 23.4. The lowest BCUT2D eigenvalue weighted by molar-refractivity contribution is -0.151. The zero-order valence-electron chi connectivity index (χ0n) is 21.3. The van der Waals surface area contributed by atoms with Gasteiger partial charge in [-0.25, -0.2) is 4.79 Å². The normalized spacial score (nSPS) is 25.6. The number of hydrogen-bond donors (Lipinski definition) is 1. The van der Waals surface area contributed by atoms with Crippen molar-refractivity contribution in [3.63, 3.8) is 0 Å². The van der Waals surface area contributed by atoms with Crippen molar-refractivity contribution >= 4 is 35.9 Å². The summed E-state index contributed by atoms with van der Waals surface area (Å²) in [5.74, 6) is 0.379. The number of carbonyl (C=O) groups excluding carboxylic acids is 1. The number of halogens is 1. The van der Waals surface area contributed by atoms with Gasteiger partial charge in [0, 0.05) is 42.3 Å². The highest BCUT2D eigenvalue weighted by Gasteiger charge is 2.60. The quantitative estimate of drug-likeness (QED) is 0.251. The van der Waals surface area contributed by atoms with Gasteiger partial charge in [-0.15, -0.1) is 0 Å². The van der Waals surface area contributed by atoms with Crippen LogP contribution < -0.4 is 10.1 Å². The van der Waals surface area contributed by atoms with Crippen molar-refractivity contribution in [3.05, 3.63) is 105 Å². The van der Waals surface area contributed by atoms with Crippen LogP contribution in [0.1, 0.15) is 25.0 Å². The molecule has 5 rings (SSSR count). The van der Waals surface area contributed by atoms with E-state index < -0.39 is 26.3 Å². The molecule has 1 N–H and O–H groups in total. The first kappa shape index (κ1) is 24.6. The number of benzene rings is 1. The molecule has 5 nitrogen and oxygen atoms in total. The molecule has 0 aromatic heterocycles. The Hall–Kier alpha value is -3.13. The highest BCUT2D eigenvalue weighted by atomic mass is 127. The molecular weight excluding hydrogens is 563 g/mol. The molecule has 186 valence electrons. The van der Waals surface area contributed by atoms with E-state index in [4.69, 9.17) is 9.47 Å². The highest BCUT2D eigenvalue weighted by Crippen LogP contribution is 2.57. The molecule has 0 radical (unpaired) electrons. The van der Waals surface area contributed by atoms with E-state index in [1.54, 1.807) is 6.08 Å². The molecule has 3 unspecified atom stereocenters. The fourth-order valence-corrected chi connectivity index (χ4v) is 7.21. The molecule has 3 heterocycles. The zero-order chi connectivity index (χ0) is 25.6. The number of nitrogens with zero attached hydrogens (tertiary/aromatic N) is 1. The summed E-state index contributed by atoms with van der Waals surface area (Å²) in [6.07, 6.45) is 16.1. The molecule has 1 aromatic carbocycles. The first-order valence-electron chi connectivity index (χ1n) is 12.0. The van der Waals surface area contributed by atoms with E-state index >= 15 is 0 Å². The molecule has 0 saturated carbocycles. The van der Waals surface area contributed by atoms with Gasteiger partial charge in [0.2, 0.25) is 0 Å². The van der Waals surface area contributed by atoms with Crippen LogP contribution in [0.5, 0.6) is 5.75 Å². The van der Waals surface area contributed by atoms with Crippen LogP contribution in [-0.4, -0.2) is 34.6 Å². The molecule has 1 saturated heterocycles. The molecule has 3 aliphatic heterocycles. The van der Waals surface area contributed by atoms with E-state index in [-0.39, 0.29) is 18.0 Å². The summed E-state index contributed by atoms with van der Waals surface area (Å²) in [5.41, 5.74) is 6.11. The van der Waals surface area contributed by atoms with Gasteiger partial charge in [-0.1, -0.05) is 57.2 Å². The molecule has 6 heteroatoms. The van der Waals surface area contributed by atoms with E-state index in [1.807, 2.05) is 20.2 Å². The molecule has 1 aliphatic carbocycles. The third kappa shape index (κ3) is 4.01. The van der Waals surface area contributed by atoms with Gasteiger partial charge in [0.1, 0.15) is 15.4 Å². The number of hydrogen-bond acceptors (Lipinski definition) is 5. The molecule has 4 aliphatic rings. The lowest BCUT2D eigenvalue weighted by atomic mass is 9.69. The number of rotatable bonds is 5. The van der Waals surface area contributed by atoms with Gasteiger partial charge < -0.3 is 19.7 Å². The SMILES string of the molecule is C=C/C=C(\C=C(C)C)Nc1cc2c(cc1C)OC1C=C(N(C)C)C=CC1C21OC(=O)C2=IC=CC=C21. The van der Waals surface area contributed by atoms with Gasteiger partial charge in [-0.05, 0) is 66.9 Å². The van der Waals surface area contributed by atoms with Crippen LogP contribution in [0.2, 0.25) is 0 Å². The summed E-state index contributed by atoms with van der Waals surface area (Å²) in [6.45, 7) is 10.1. The number of ether oxygens (including phenoxy) is 2. The standard InChI is InChI=1S/C30H31IN2O3/c1-7-9-20(14-18(2)3)32-25-17-24-26(15-19(25)4)35-27-16-21(33(5)6)11-12-22(27)30(24)23-10-8-13-31-28(23)29(34)36-30/h7-17,22,27,32H,1H2,2-6H3/b20-9+. The summed E-state index contributed by atoms with van der Waals surface area (Å²) in [7, 11) is 4.04. The molecule has 36 heavy (non-hydrogen) atoms. The van der Waals surface area contributed by atoms with Crippen LogP contribution in [-0.2, 0) is 15.1 Å². The maximum atomic E-state index is 13.2. The number of carbonyl (C=O) groups is 1. The first-order valence-corrected chi connectivity index (χ1v) is 14.3. The van der Waals surface area contributed by atoms with Gasteiger partial charge in [0.25, 0.3) is 0 Å². The van der Waals surface area contributed by atoms with Crippen molar-refractivity contribution in [2.24, 2.45) is 5.92 Å². The summed E-state index contributed by atoms with van der Waals surface area (Å²) in [5, 5.41) is 3.56. The van der Waals surface area contributed by atoms with E-state index in [1.165, 1.54) is 5.57 Å². The second-order valence-corrected chi connectivity index (χ2v) is 12.2. The molecule has 0 bridgehead atoms. The fraction of sp³-hybridized carbons (Fsp3) is 0.267. The lowest BCUT2D eigenvalue weighted by Crippen LogP contribution is -2.49. The second kappa shape index (κ2) is 9.39. The lowest BCUT2D eigenvalue weighted by Gasteiger charge is -2.46. The van der Waals surface area contributed by atoms with Crippen LogP contribution in [0.3, 0.4) is 0 Å². The van der Waals surface area contributed by atoms with E-state index in [2.05, 4.69) is 90.2 Å². The third-order valence-electron chi connectivity index (χ3n) is 6.74. The number of esters is 1. The second-order valence-electron chi connectivity index (χ2n) is 9.77. The monoisotopic (exact) mass is 594 g/mol. The van der Waals surface area contributed by atoms with Crippen LogP contribution in [0, 0.1) is 12.8 Å². The van der Waals surface area contributed by atoms with E-state index in [0.29, 0.717) is 0 Å². The third-order valence-corrected chi connectivity index (χ3v) is 9.16. The molecule has 3 atom stereocenters. The summed E-state index contributed by atoms with van der Waals surface area (Å²) < 4.78 is 16.0. The van der Waals surface area contributed by atoms with Gasteiger partial charge in [-0.2, -0.15) is 0 Å². The van der Waals surface area contributed by atoms with Crippen molar-refractivity contribution in [2.45, 2.75) is 32.5 Å². The Bertz CT molecular complexity index is 1370. The average Bonchev–Trinajstić information content (AvgIpc) is 3.12. The average molecular weight is 594 g/mol. The number of anilines is 1. The maximum absolute atomic E-state index is 13.2. The van der Waals surface area contributed by atoms with Crippen molar-refractivity contribution in [1.29, 1.82) is 0 Å². The number of aryl methyl sites for hydroxylation is 1. The van der Waals surface area contributed by atoms with E-state index in [0.717, 1.165) is 43.0 Å². The predicted octanol–water partition coefficient (Wildman–Crippen LogP) is 6.18. The Kier molecular flexibility index (Phi) is 6.41. The smallest absolute Gasteiger partial charge is 0.345 e. The minimum atomic E-state index is -0.928. The van der Waals surface area contributed by atoms with Crippen molar-refractivity contribution < 1.29 is 14.3 Å². The number of likely N-dealkylation sites (N-methyl/N-ethyl adjacent to an activating group) is 1. The molecule has 1 spiro atoms. The van der Waals surface area contributed by atoms with Crippen molar-refractivity contribution in [1.82, 2.24) is 4.90 Å². The first-order chi connectivity index (χ1) is 17.2. The minimum absolute atomic E-state index is 0.173. The number of allylic oxidation sites excluding steroid dienone is 7. The minimum Gasteiger partial charge on any atom is -0.485 e. The van der Waals surface area contributed by atoms with Crippen molar-refractivity contribution in [2.75, 3.05) is 19.4 Å². The molecule has 1 fully saturated rings. The van der Waals surface area contributed by atoms with E-state index in [9.17, 15) is 4.79 Å². The summed E-state index contributed by atoms with van der Waals surface area (Å²) in [4.78, 5) is 15.3. The largest absolute Gasteiger partial charge is 0.485 e. The highest BCUT2D eigenvalue weighted by molar-refractivity contribution is 14.2. The van der Waals surface area contributed by atoms with Crippen LogP contribution >= 0.6 is 20.7 Å².